The van der Waals surface area contributed by atoms with Gasteiger partial charge in [-0.25, -0.2) is 13.1 Å². The number of amides is 1. The number of nitrogens with two attached hydrogens (primary N) is 1. The van der Waals surface area contributed by atoms with Gasteiger partial charge in [0.1, 0.15) is 0 Å². The van der Waals surface area contributed by atoms with E-state index in [1.54, 1.807) is 0 Å². The summed E-state index contributed by atoms with van der Waals surface area (Å²) < 4.78 is 70.5. The predicted octanol–water partition coefficient (Wildman–Crippen LogP) is 1.15. The van der Waals surface area contributed by atoms with E-state index in [4.69, 9.17) is 10.6 Å². The van der Waals surface area contributed by atoms with Gasteiger partial charge in [-0.1, -0.05) is 17.8 Å². The minimum absolute atomic E-state index is 0.00373. The first-order chi connectivity index (χ1) is 14.5. The summed E-state index contributed by atoms with van der Waals surface area (Å²) in [6, 6.07) is 5.70. The maximum Gasteiger partial charge on any atom is 0.453 e. The lowest BCUT2D eigenvalue weighted by atomic mass is 10.3. The van der Waals surface area contributed by atoms with Crippen molar-refractivity contribution < 1.29 is 31.1 Å². The Morgan fingerprint density at radius 3 is 2.58 bits per heavy atom. The lowest BCUT2D eigenvalue weighted by Crippen LogP contribution is -2.40. The van der Waals surface area contributed by atoms with Gasteiger partial charge >= 0.3 is 6.18 Å². The minimum Gasteiger partial charge on any atom is -0.379 e. The third-order valence-electron chi connectivity index (χ3n) is 4.28. The zero-order chi connectivity index (χ0) is 22.8. The highest BCUT2D eigenvalue weighted by Crippen LogP contribution is 2.30. The van der Waals surface area contributed by atoms with Crippen molar-refractivity contribution in [1.29, 1.82) is 0 Å². The molecule has 1 atom stereocenters. The summed E-state index contributed by atoms with van der Waals surface area (Å²) in [7, 11) is -3.75. The minimum atomic E-state index is -4.78. The second-order valence-corrected chi connectivity index (χ2v) is 9.71. The highest BCUT2D eigenvalue weighted by Gasteiger charge is 2.38. The van der Waals surface area contributed by atoms with E-state index >= 15 is 0 Å². The van der Waals surface area contributed by atoms with Crippen LogP contribution >= 0.6 is 11.8 Å². The zero-order valence-corrected chi connectivity index (χ0v) is 17.8. The lowest BCUT2D eigenvalue weighted by Gasteiger charge is -2.26. The maximum atomic E-state index is 12.8. The standard InChI is InChI=1S/C16H19F3N6O4S2/c1-10(30-15-23-22-14(25(15)20)16(17,18)19)13(26)21-11-3-2-4-12(9-11)31(27,28)24-5-7-29-8-6-24/h2-4,9-10H,5-8,20H2,1H3,(H,21,26). The Morgan fingerprint density at radius 1 is 1.29 bits per heavy atom. The molecule has 3 rings (SSSR count). The first-order valence-electron chi connectivity index (χ1n) is 8.93. The monoisotopic (exact) mass is 480 g/mol. The van der Waals surface area contributed by atoms with E-state index in [1.807, 2.05) is 0 Å². The Kier molecular flexibility index (Phi) is 6.78. The molecule has 1 saturated heterocycles. The first-order valence-corrected chi connectivity index (χ1v) is 11.3. The van der Waals surface area contributed by atoms with Gasteiger partial charge in [-0.3, -0.25) is 4.79 Å². The van der Waals surface area contributed by atoms with Crippen molar-refractivity contribution in [2.24, 2.45) is 0 Å². The van der Waals surface area contributed by atoms with Crippen LogP contribution in [0.4, 0.5) is 18.9 Å². The molecule has 31 heavy (non-hydrogen) atoms. The number of alkyl halides is 3. The van der Waals surface area contributed by atoms with E-state index in [2.05, 4.69) is 15.5 Å². The molecule has 2 aromatic rings. The van der Waals surface area contributed by atoms with Crippen LogP contribution in [-0.2, 0) is 25.7 Å². The molecule has 1 aromatic heterocycles. The number of carbonyl (C=O) groups excluding carboxylic acids is 1. The number of anilines is 1. The summed E-state index contributed by atoms with van der Waals surface area (Å²) in [5.41, 5.74) is 0.219. The fourth-order valence-corrected chi connectivity index (χ4v) is 4.90. The van der Waals surface area contributed by atoms with Crippen LogP contribution in [0.15, 0.2) is 34.3 Å². The largest absolute Gasteiger partial charge is 0.453 e. The number of halogens is 3. The van der Waals surface area contributed by atoms with Gasteiger partial charge < -0.3 is 15.9 Å². The quantitative estimate of drug-likeness (QED) is 0.465. The molecule has 1 aliphatic rings. The van der Waals surface area contributed by atoms with E-state index in [0.717, 1.165) is 0 Å². The van der Waals surface area contributed by atoms with Crippen LogP contribution in [0, 0.1) is 0 Å². The Balaban J connectivity index is 1.69. The number of nitrogen functional groups attached to an aromatic ring is 1. The Labute approximate surface area is 180 Å². The highest BCUT2D eigenvalue weighted by atomic mass is 32.2. The van der Waals surface area contributed by atoms with E-state index in [1.165, 1.54) is 35.5 Å². The molecule has 1 fully saturated rings. The number of thioether (sulfide) groups is 1. The molecule has 1 aromatic carbocycles. The SMILES string of the molecule is CC(Sc1nnc(C(F)(F)F)n1N)C(=O)Nc1cccc(S(=O)(=O)N2CCOCC2)c1. The van der Waals surface area contributed by atoms with Gasteiger partial charge in [0, 0.05) is 18.8 Å². The maximum absolute atomic E-state index is 12.8. The summed E-state index contributed by atoms with van der Waals surface area (Å²) in [6.07, 6.45) is -4.78. The van der Waals surface area contributed by atoms with Gasteiger partial charge in [-0.05, 0) is 25.1 Å². The molecule has 0 bridgehead atoms. The van der Waals surface area contributed by atoms with Crippen molar-refractivity contribution >= 4 is 33.4 Å². The average Bonchev–Trinajstić information content (AvgIpc) is 3.09. The Bertz CT molecular complexity index is 1050. The van der Waals surface area contributed by atoms with Crippen LogP contribution in [0.5, 0.6) is 0 Å². The molecule has 0 aliphatic carbocycles. The number of nitrogens with zero attached hydrogens (tertiary/aromatic N) is 4. The molecular weight excluding hydrogens is 461 g/mol. The van der Waals surface area contributed by atoms with Crippen molar-refractivity contribution in [3.05, 3.63) is 30.1 Å². The van der Waals surface area contributed by atoms with Crippen molar-refractivity contribution in [3.8, 4) is 0 Å². The molecule has 1 amide bonds. The van der Waals surface area contributed by atoms with Crippen LogP contribution in [0.2, 0.25) is 0 Å². The molecule has 10 nitrogen and oxygen atoms in total. The Hall–Kier alpha value is -2.36. The number of carbonyl (C=O) groups is 1. The average molecular weight is 480 g/mol. The van der Waals surface area contributed by atoms with Gasteiger partial charge in [0.05, 0.1) is 23.4 Å². The second kappa shape index (κ2) is 9.02. The second-order valence-electron chi connectivity index (χ2n) is 6.47. The molecule has 0 saturated carbocycles. The normalized spacial score (nSPS) is 16.8. The molecule has 170 valence electrons. The van der Waals surface area contributed by atoms with Gasteiger partial charge in [0.15, 0.2) is 0 Å². The van der Waals surface area contributed by atoms with Gasteiger partial charge in [-0.2, -0.15) is 17.5 Å². The molecule has 1 aliphatic heterocycles. The van der Waals surface area contributed by atoms with Crippen LogP contribution in [-0.4, -0.2) is 65.1 Å². The number of nitrogens with one attached hydrogen (secondary N) is 1. The number of ether oxygens (including phenoxy) is 1. The molecule has 0 spiro atoms. The molecule has 0 radical (unpaired) electrons. The van der Waals surface area contributed by atoms with E-state index < -0.39 is 33.2 Å². The lowest BCUT2D eigenvalue weighted by molar-refractivity contribution is -0.146. The summed E-state index contributed by atoms with van der Waals surface area (Å²) in [5.74, 6) is 3.40. The fraction of sp³-hybridized carbons (Fsp3) is 0.438. The van der Waals surface area contributed by atoms with Gasteiger partial charge in [-0.15, -0.1) is 10.2 Å². The predicted molar refractivity (Wildman–Crippen MR) is 105 cm³/mol. The first kappa shape index (κ1) is 23.3. The zero-order valence-electron chi connectivity index (χ0n) is 16.2. The number of morpholine rings is 1. The Morgan fingerprint density at radius 2 is 1.97 bits per heavy atom. The fourth-order valence-electron chi connectivity index (χ4n) is 2.68. The number of benzene rings is 1. The number of aromatic nitrogens is 3. The molecular formula is C16H19F3N6O4S2. The number of rotatable bonds is 6. The highest BCUT2D eigenvalue weighted by molar-refractivity contribution is 8.00. The molecule has 3 N–H and O–H groups in total. The van der Waals surface area contributed by atoms with Crippen molar-refractivity contribution in [2.75, 3.05) is 37.5 Å². The van der Waals surface area contributed by atoms with Crippen LogP contribution in [0.25, 0.3) is 0 Å². The molecule has 15 heteroatoms. The van der Waals surface area contributed by atoms with Crippen LogP contribution < -0.4 is 11.2 Å². The number of sulfonamides is 1. The van der Waals surface area contributed by atoms with Gasteiger partial charge in [0.2, 0.25) is 21.1 Å². The van der Waals surface area contributed by atoms with Crippen LogP contribution in [0.1, 0.15) is 12.7 Å². The summed E-state index contributed by atoms with van der Waals surface area (Å²) in [4.78, 5) is 12.5. The summed E-state index contributed by atoms with van der Waals surface area (Å²) in [6.45, 7) is 2.49. The van der Waals surface area contributed by atoms with E-state index in [0.29, 0.717) is 25.0 Å². The molecule has 2 heterocycles. The van der Waals surface area contributed by atoms with Crippen molar-refractivity contribution in [3.63, 3.8) is 0 Å². The smallest absolute Gasteiger partial charge is 0.379 e. The van der Waals surface area contributed by atoms with Crippen molar-refractivity contribution in [2.45, 2.75) is 28.4 Å². The molecule has 1 unspecified atom stereocenters. The van der Waals surface area contributed by atoms with E-state index in [9.17, 15) is 26.4 Å². The van der Waals surface area contributed by atoms with Crippen LogP contribution in [0.3, 0.4) is 0 Å². The van der Waals surface area contributed by atoms with Crippen molar-refractivity contribution in [1.82, 2.24) is 19.2 Å². The summed E-state index contributed by atoms with van der Waals surface area (Å²) in [5, 5.41) is 7.72. The summed E-state index contributed by atoms with van der Waals surface area (Å²) >= 11 is 0.679. The van der Waals surface area contributed by atoms with Gasteiger partial charge in [0.25, 0.3) is 5.82 Å². The third-order valence-corrected chi connectivity index (χ3v) is 7.23. The van der Waals surface area contributed by atoms with E-state index in [-0.39, 0.29) is 33.5 Å². The topological polar surface area (TPSA) is 132 Å². The number of hydrogen-bond acceptors (Lipinski definition) is 8. The number of hydrogen-bond donors (Lipinski definition) is 2. The third kappa shape index (κ3) is 5.28.